The molecule has 0 N–H and O–H groups in total. The fourth-order valence-corrected chi connectivity index (χ4v) is 1.73. The average molecular weight is 128 g/mol. The second-order valence-electron chi connectivity index (χ2n) is 2.88. The summed E-state index contributed by atoms with van der Waals surface area (Å²) in [6, 6.07) is 0. The number of fused-ring (bicyclic) bond motifs is 2. The van der Waals surface area contributed by atoms with Crippen LogP contribution in [0.5, 0.6) is 0 Å². The fourth-order valence-electron chi connectivity index (χ4n) is 1.73. The molecule has 3 aliphatic rings. The first-order valence-corrected chi connectivity index (χ1v) is 3.58. The first kappa shape index (κ1) is 5.69. The summed E-state index contributed by atoms with van der Waals surface area (Å²) in [6.07, 6.45) is 5.06. The van der Waals surface area contributed by atoms with Crippen LogP contribution in [0.1, 0.15) is 19.3 Å². The molecule has 0 spiro atoms. The maximum atomic E-state index is 5.45. The van der Waals surface area contributed by atoms with Crippen LogP contribution < -0.4 is 0 Å². The summed E-state index contributed by atoms with van der Waals surface area (Å²) < 4.78 is 10.7. The molecule has 1 saturated carbocycles. The lowest BCUT2D eigenvalue weighted by Gasteiger charge is -2.45. The van der Waals surface area contributed by atoms with Crippen LogP contribution in [0.25, 0.3) is 0 Å². The molecule has 3 rings (SSSR count). The Balaban J connectivity index is 1.94. The van der Waals surface area contributed by atoms with Gasteiger partial charge in [0.25, 0.3) is 0 Å². The molecule has 2 heterocycles. The van der Waals surface area contributed by atoms with E-state index in [1.165, 1.54) is 19.3 Å². The first-order valence-electron chi connectivity index (χ1n) is 3.58. The Morgan fingerprint density at radius 3 is 2.56 bits per heavy atom. The number of methoxy groups -OCH3 is 1. The van der Waals surface area contributed by atoms with E-state index in [0.717, 1.165) is 0 Å². The molecule has 0 aromatic rings. The second kappa shape index (κ2) is 1.96. The van der Waals surface area contributed by atoms with Crippen molar-refractivity contribution in [2.75, 3.05) is 7.11 Å². The zero-order valence-corrected chi connectivity index (χ0v) is 5.67. The molecule has 3 fully saturated rings. The lowest BCUT2D eigenvalue weighted by Crippen LogP contribution is -2.51. The van der Waals surface area contributed by atoms with E-state index >= 15 is 0 Å². The zero-order valence-electron chi connectivity index (χ0n) is 5.67. The van der Waals surface area contributed by atoms with Gasteiger partial charge in [0.15, 0.2) is 0 Å². The number of hydrogen-bond donors (Lipinski definition) is 0. The Hall–Kier alpha value is -0.0800. The molecule has 1 aliphatic carbocycles. The molecule has 0 amide bonds. The standard InChI is InChI=1S/C7H12O2/c1-8-6-3-2-5-4-7(6)9-5/h5-7H,2-4H2,1H3. The van der Waals surface area contributed by atoms with Gasteiger partial charge in [-0.25, -0.2) is 0 Å². The molecule has 0 radical (unpaired) electrons. The molecule has 0 aromatic heterocycles. The van der Waals surface area contributed by atoms with Crippen molar-refractivity contribution >= 4 is 0 Å². The molecule has 9 heavy (non-hydrogen) atoms. The summed E-state index contributed by atoms with van der Waals surface area (Å²) in [5.74, 6) is 0. The Labute approximate surface area is 55.1 Å². The second-order valence-corrected chi connectivity index (χ2v) is 2.88. The van der Waals surface area contributed by atoms with Crippen molar-refractivity contribution in [3.8, 4) is 0 Å². The summed E-state index contributed by atoms with van der Waals surface area (Å²) in [4.78, 5) is 0. The fraction of sp³-hybridized carbons (Fsp3) is 1.00. The molecular weight excluding hydrogens is 116 g/mol. The van der Waals surface area contributed by atoms with Crippen LogP contribution in [-0.4, -0.2) is 25.4 Å². The largest absolute Gasteiger partial charge is 0.379 e. The third-order valence-corrected chi connectivity index (χ3v) is 2.35. The van der Waals surface area contributed by atoms with Crippen LogP contribution in [0.2, 0.25) is 0 Å². The summed E-state index contributed by atoms with van der Waals surface area (Å²) in [5.41, 5.74) is 0. The van der Waals surface area contributed by atoms with Crippen molar-refractivity contribution < 1.29 is 9.47 Å². The molecule has 2 heteroatoms. The highest BCUT2D eigenvalue weighted by molar-refractivity contribution is 4.90. The maximum Gasteiger partial charge on any atom is 0.0864 e. The number of rotatable bonds is 1. The van der Waals surface area contributed by atoms with E-state index in [1.807, 2.05) is 0 Å². The number of hydrogen-bond acceptors (Lipinski definition) is 2. The van der Waals surface area contributed by atoms with E-state index in [1.54, 1.807) is 7.11 Å². The molecule has 0 aromatic carbocycles. The van der Waals surface area contributed by atoms with E-state index in [4.69, 9.17) is 9.47 Å². The van der Waals surface area contributed by atoms with Crippen molar-refractivity contribution in [2.24, 2.45) is 0 Å². The molecule has 52 valence electrons. The summed E-state index contributed by atoms with van der Waals surface area (Å²) in [5, 5.41) is 0. The van der Waals surface area contributed by atoms with Crippen LogP contribution in [0.3, 0.4) is 0 Å². The van der Waals surface area contributed by atoms with E-state index < -0.39 is 0 Å². The highest BCUT2D eigenvalue weighted by Gasteiger charge is 2.41. The van der Waals surface area contributed by atoms with Gasteiger partial charge in [-0.1, -0.05) is 0 Å². The van der Waals surface area contributed by atoms with E-state index in [2.05, 4.69) is 0 Å². The summed E-state index contributed by atoms with van der Waals surface area (Å²) in [7, 11) is 1.77. The van der Waals surface area contributed by atoms with Crippen molar-refractivity contribution in [3.05, 3.63) is 0 Å². The predicted octanol–water partition coefficient (Wildman–Crippen LogP) is 0.953. The van der Waals surface area contributed by atoms with Gasteiger partial charge in [-0.3, -0.25) is 0 Å². The van der Waals surface area contributed by atoms with Crippen molar-refractivity contribution in [2.45, 2.75) is 37.6 Å². The molecule has 2 aliphatic heterocycles. The Bertz CT molecular complexity index is 105. The van der Waals surface area contributed by atoms with Gasteiger partial charge < -0.3 is 9.47 Å². The quantitative estimate of drug-likeness (QED) is 0.523. The Morgan fingerprint density at radius 1 is 1.44 bits per heavy atom. The summed E-state index contributed by atoms with van der Waals surface area (Å²) >= 11 is 0. The minimum absolute atomic E-state index is 0.398. The molecule has 2 bridgehead atoms. The van der Waals surface area contributed by atoms with Gasteiger partial charge >= 0.3 is 0 Å². The van der Waals surface area contributed by atoms with Crippen LogP contribution in [0.4, 0.5) is 0 Å². The zero-order chi connectivity index (χ0) is 6.27. The van der Waals surface area contributed by atoms with Crippen molar-refractivity contribution in [1.82, 2.24) is 0 Å². The van der Waals surface area contributed by atoms with E-state index in [-0.39, 0.29) is 0 Å². The normalized spacial score (nSPS) is 48.3. The topological polar surface area (TPSA) is 18.5 Å². The molecule has 3 unspecified atom stereocenters. The van der Waals surface area contributed by atoms with Gasteiger partial charge in [-0.15, -0.1) is 0 Å². The van der Waals surface area contributed by atoms with E-state index in [9.17, 15) is 0 Å². The van der Waals surface area contributed by atoms with Crippen LogP contribution in [-0.2, 0) is 9.47 Å². The lowest BCUT2D eigenvalue weighted by atomic mass is 9.86. The maximum absolute atomic E-state index is 5.45. The minimum Gasteiger partial charge on any atom is -0.379 e. The van der Waals surface area contributed by atoms with Gasteiger partial charge in [0, 0.05) is 13.5 Å². The van der Waals surface area contributed by atoms with E-state index in [0.29, 0.717) is 18.3 Å². The average Bonchev–Trinajstić information content (AvgIpc) is 1.86. The molecular formula is C7H12O2. The lowest BCUT2D eigenvalue weighted by molar-refractivity contribution is -0.213. The highest BCUT2D eigenvalue weighted by Crippen LogP contribution is 2.35. The predicted molar refractivity (Wildman–Crippen MR) is 33.3 cm³/mol. The Kier molecular flexibility index (Phi) is 1.24. The third-order valence-electron chi connectivity index (χ3n) is 2.35. The Morgan fingerprint density at radius 2 is 2.22 bits per heavy atom. The van der Waals surface area contributed by atoms with Crippen molar-refractivity contribution in [3.63, 3.8) is 0 Å². The monoisotopic (exact) mass is 128 g/mol. The molecule has 3 atom stereocenters. The number of ether oxygens (including phenoxy) is 2. The minimum atomic E-state index is 0.398. The molecule has 2 saturated heterocycles. The van der Waals surface area contributed by atoms with Gasteiger partial charge in [-0.2, -0.15) is 0 Å². The highest BCUT2D eigenvalue weighted by atomic mass is 16.6. The van der Waals surface area contributed by atoms with Gasteiger partial charge in [0.05, 0.1) is 18.3 Å². The third kappa shape index (κ3) is 0.775. The van der Waals surface area contributed by atoms with Gasteiger partial charge in [-0.05, 0) is 12.8 Å². The van der Waals surface area contributed by atoms with Crippen LogP contribution in [0, 0.1) is 0 Å². The van der Waals surface area contributed by atoms with Gasteiger partial charge in [0.1, 0.15) is 0 Å². The van der Waals surface area contributed by atoms with Crippen LogP contribution >= 0.6 is 0 Å². The smallest absolute Gasteiger partial charge is 0.0864 e. The first-order chi connectivity index (χ1) is 4.40. The van der Waals surface area contributed by atoms with Crippen LogP contribution in [0.15, 0.2) is 0 Å². The summed E-state index contributed by atoms with van der Waals surface area (Å²) in [6.45, 7) is 0. The molecule has 2 nitrogen and oxygen atoms in total. The van der Waals surface area contributed by atoms with Crippen molar-refractivity contribution in [1.29, 1.82) is 0 Å². The van der Waals surface area contributed by atoms with Gasteiger partial charge in [0.2, 0.25) is 0 Å². The SMILES string of the molecule is COC1CCC2CC1O2.